The van der Waals surface area contributed by atoms with Gasteiger partial charge in [0.2, 0.25) is 10.0 Å². The summed E-state index contributed by atoms with van der Waals surface area (Å²) in [4.78, 5) is 0.340. The number of hydrogen-bond acceptors (Lipinski definition) is 3. The molecule has 20 heavy (non-hydrogen) atoms. The van der Waals surface area contributed by atoms with Gasteiger partial charge in [-0.05, 0) is 49.4 Å². The zero-order chi connectivity index (χ0) is 14.8. The van der Waals surface area contributed by atoms with E-state index in [4.69, 9.17) is 0 Å². The molecule has 0 saturated heterocycles. The van der Waals surface area contributed by atoms with Crippen LogP contribution in [0, 0.1) is 5.92 Å². The molecule has 2 N–H and O–H groups in total. The highest BCUT2D eigenvalue weighted by molar-refractivity contribution is 7.89. The van der Waals surface area contributed by atoms with Crippen molar-refractivity contribution in [1.82, 2.24) is 4.72 Å². The van der Waals surface area contributed by atoms with E-state index in [-0.39, 0.29) is 6.04 Å². The molecule has 1 aromatic carbocycles. The first-order valence-corrected chi connectivity index (χ1v) is 8.79. The van der Waals surface area contributed by atoms with Crippen molar-refractivity contribution >= 4 is 15.7 Å². The molecule has 4 nitrogen and oxygen atoms in total. The summed E-state index contributed by atoms with van der Waals surface area (Å²) in [6.45, 7) is 6.51. The Bertz CT molecular complexity index is 533. The van der Waals surface area contributed by atoms with Crippen molar-refractivity contribution in [3.05, 3.63) is 24.3 Å². The molecular formula is C15H24N2O2S. The van der Waals surface area contributed by atoms with E-state index in [0.29, 0.717) is 16.9 Å². The Balaban J connectivity index is 2.05. The molecule has 0 spiro atoms. The molecule has 1 aliphatic rings. The van der Waals surface area contributed by atoms with E-state index in [2.05, 4.69) is 30.8 Å². The van der Waals surface area contributed by atoms with E-state index < -0.39 is 10.0 Å². The van der Waals surface area contributed by atoms with Gasteiger partial charge in [-0.25, -0.2) is 13.1 Å². The predicted molar refractivity (Wildman–Crippen MR) is 82.3 cm³/mol. The first-order chi connectivity index (χ1) is 9.42. The van der Waals surface area contributed by atoms with Gasteiger partial charge in [-0.3, -0.25) is 0 Å². The van der Waals surface area contributed by atoms with Crippen molar-refractivity contribution in [2.24, 2.45) is 5.92 Å². The highest BCUT2D eigenvalue weighted by Crippen LogP contribution is 2.23. The number of benzene rings is 1. The van der Waals surface area contributed by atoms with E-state index in [1.807, 2.05) is 12.1 Å². The number of rotatable bonds is 7. The van der Waals surface area contributed by atoms with Gasteiger partial charge in [0.15, 0.2) is 0 Å². The minimum Gasteiger partial charge on any atom is -0.382 e. The Morgan fingerprint density at radius 1 is 1.20 bits per heavy atom. The summed E-state index contributed by atoms with van der Waals surface area (Å²) in [5.41, 5.74) is 0.968. The highest BCUT2D eigenvalue weighted by Gasteiger charge is 2.27. The Labute approximate surface area is 122 Å². The molecule has 1 unspecified atom stereocenters. The molecule has 1 saturated carbocycles. The SMILES string of the molecule is CCC(Nc1ccc(S(=O)(=O)NC2CC2)cc1)C(C)C. The summed E-state index contributed by atoms with van der Waals surface area (Å²) in [5, 5.41) is 3.44. The quantitative estimate of drug-likeness (QED) is 0.813. The molecule has 1 atom stereocenters. The van der Waals surface area contributed by atoms with Crippen molar-refractivity contribution in [3.63, 3.8) is 0 Å². The molecule has 0 heterocycles. The Hall–Kier alpha value is -1.07. The van der Waals surface area contributed by atoms with Gasteiger partial charge < -0.3 is 5.32 Å². The lowest BCUT2D eigenvalue weighted by Crippen LogP contribution is -2.26. The first-order valence-electron chi connectivity index (χ1n) is 7.31. The fraction of sp³-hybridized carbons (Fsp3) is 0.600. The first kappa shape index (κ1) is 15.3. The second-order valence-corrected chi connectivity index (χ2v) is 7.54. The molecule has 0 radical (unpaired) electrons. The molecule has 1 aromatic rings. The van der Waals surface area contributed by atoms with Gasteiger partial charge in [0.1, 0.15) is 0 Å². The van der Waals surface area contributed by atoms with Crippen LogP contribution in [0.5, 0.6) is 0 Å². The van der Waals surface area contributed by atoms with Crippen LogP contribution in [-0.2, 0) is 10.0 Å². The minimum atomic E-state index is -3.34. The maximum absolute atomic E-state index is 12.0. The molecule has 1 aliphatic carbocycles. The third kappa shape index (κ3) is 3.96. The maximum Gasteiger partial charge on any atom is 0.240 e. The third-order valence-electron chi connectivity index (χ3n) is 3.66. The van der Waals surface area contributed by atoms with Gasteiger partial charge in [-0.2, -0.15) is 0 Å². The summed E-state index contributed by atoms with van der Waals surface area (Å²) >= 11 is 0. The normalized spacial score (nSPS) is 17.2. The Kier molecular flexibility index (Phi) is 4.70. The second kappa shape index (κ2) is 6.14. The van der Waals surface area contributed by atoms with Crippen LogP contribution in [0.15, 0.2) is 29.2 Å². The van der Waals surface area contributed by atoms with Crippen LogP contribution in [0.4, 0.5) is 5.69 Å². The summed E-state index contributed by atoms with van der Waals surface area (Å²) in [7, 11) is -3.34. The van der Waals surface area contributed by atoms with Crippen molar-refractivity contribution < 1.29 is 8.42 Å². The third-order valence-corrected chi connectivity index (χ3v) is 5.20. The van der Waals surface area contributed by atoms with Crippen LogP contribution in [-0.4, -0.2) is 20.5 Å². The lowest BCUT2D eigenvalue weighted by atomic mass is 10.0. The Morgan fingerprint density at radius 2 is 1.80 bits per heavy atom. The summed E-state index contributed by atoms with van der Waals surface area (Å²) in [6, 6.07) is 7.56. The van der Waals surface area contributed by atoms with Crippen LogP contribution < -0.4 is 10.0 Å². The fourth-order valence-electron chi connectivity index (χ4n) is 2.17. The van der Waals surface area contributed by atoms with Crippen LogP contribution >= 0.6 is 0 Å². The lowest BCUT2D eigenvalue weighted by Gasteiger charge is -2.22. The summed E-state index contributed by atoms with van der Waals surface area (Å²) in [5.74, 6) is 0.542. The van der Waals surface area contributed by atoms with Crippen molar-refractivity contribution in [2.45, 2.75) is 57.0 Å². The topological polar surface area (TPSA) is 58.2 Å². The van der Waals surface area contributed by atoms with Gasteiger partial charge in [0.25, 0.3) is 0 Å². The number of nitrogens with one attached hydrogen (secondary N) is 2. The van der Waals surface area contributed by atoms with E-state index in [1.165, 1.54) is 0 Å². The number of sulfonamides is 1. The minimum absolute atomic E-state index is 0.142. The largest absolute Gasteiger partial charge is 0.382 e. The maximum atomic E-state index is 12.0. The summed E-state index contributed by atoms with van der Waals surface area (Å²) < 4.78 is 26.8. The molecule has 2 rings (SSSR count). The van der Waals surface area contributed by atoms with Gasteiger partial charge in [-0.15, -0.1) is 0 Å². The highest BCUT2D eigenvalue weighted by atomic mass is 32.2. The van der Waals surface area contributed by atoms with E-state index in [9.17, 15) is 8.42 Å². The van der Waals surface area contributed by atoms with E-state index >= 15 is 0 Å². The second-order valence-electron chi connectivity index (χ2n) is 5.82. The van der Waals surface area contributed by atoms with Gasteiger partial charge in [0, 0.05) is 17.8 Å². The molecule has 112 valence electrons. The monoisotopic (exact) mass is 296 g/mol. The number of anilines is 1. The predicted octanol–water partition coefficient (Wildman–Crippen LogP) is 2.97. The molecular weight excluding hydrogens is 272 g/mol. The van der Waals surface area contributed by atoms with Crippen molar-refractivity contribution in [2.75, 3.05) is 5.32 Å². The van der Waals surface area contributed by atoms with E-state index in [1.54, 1.807) is 12.1 Å². The van der Waals surface area contributed by atoms with Gasteiger partial charge in [-0.1, -0.05) is 20.8 Å². The van der Waals surface area contributed by atoms with E-state index in [0.717, 1.165) is 24.9 Å². The lowest BCUT2D eigenvalue weighted by molar-refractivity contribution is 0.511. The molecule has 0 aliphatic heterocycles. The molecule has 1 fully saturated rings. The van der Waals surface area contributed by atoms with Gasteiger partial charge >= 0.3 is 0 Å². The summed E-state index contributed by atoms with van der Waals surface area (Å²) in [6.07, 6.45) is 2.94. The van der Waals surface area contributed by atoms with Gasteiger partial charge in [0.05, 0.1) is 4.90 Å². The van der Waals surface area contributed by atoms with Crippen molar-refractivity contribution in [1.29, 1.82) is 0 Å². The smallest absolute Gasteiger partial charge is 0.240 e. The Morgan fingerprint density at radius 3 is 2.25 bits per heavy atom. The fourth-order valence-corrected chi connectivity index (χ4v) is 3.48. The number of hydrogen-bond donors (Lipinski definition) is 2. The zero-order valence-electron chi connectivity index (χ0n) is 12.4. The average Bonchev–Trinajstić information content (AvgIpc) is 3.19. The zero-order valence-corrected chi connectivity index (χ0v) is 13.2. The van der Waals surface area contributed by atoms with Crippen molar-refractivity contribution in [3.8, 4) is 0 Å². The molecule has 5 heteroatoms. The molecule has 0 amide bonds. The standard InChI is InChI=1S/C15H24N2O2S/c1-4-15(11(2)3)16-12-7-9-14(10-8-12)20(18,19)17-13-5-6-13/h7-11,13,15-17H,4-6H2,1-3H3. The molecule has 0 aromatic heterocycles. The molecule has 0 bridgehead atoms. The van der Waals surface area contributed by atoms with Crippen LogP contribution in [0.2, 0.25) is 0 Å². The van der Waals surface area contributed by atoms with Crippen LogP contribution in [0.1, 0.15) is 40.0 Å². The van der Waals surface area contributed by atoms with Crippen LogP contribution in [0.25, 0.3) is 0 Å². The van der Waals surface area contributed by atoms with Crippen LogP contribution in [0.3, 0.4) is 0 Å². The average molecular weight is 296 g/mol.